The van der Waals surface area contributed by atoms with Gasteiger partial charge in [-0.3, -0.25) is 9.97 Å². The fourth-order valence-electron chi connectivity index (χ4n) is 5.21. The number of pyridine rings is 3. The molecule has 2 aliphatic rings. The molecule has 42 heavy (non-hydrogen) atoms. The molecule has 4 aromatic heterocycles. The monoisotopic (exact) mass is 554 g/mol. The minimum atomic E-state index is 0.648. The number of benzene rings is 1. The lowest BCUT2D eigenvalue weighted by atomic mass is 10.1. The first-order chi connectivity index (χ1) is 20.7. The standard InChI is InChI=1S/C33H30N8O/c1-22-18-25(10-12-34-22)37-26-19-31-33(36-21-26)40-32(39-31)23-4-2-5-24(7-6-23)38-30-11-13-35-29-9-8-27(20-28(29)30)41-14-3-16-42-17-15-41/h2,5-13,18-21H,3,14-17H2,1H3,(H,34,37)(H,35,38)(H,36,39,40). The van der Waals surface area contributed by atoms with Crippen LogP contribution in [0, 0.1) is 6.92 Å². The third kappa shape index (κ3) is 5.51. The van der Waals surface area contributed by atoms with Crippen molar-refractivity contribution in [3.05, 3.63) is 108 Å². The van der Waals surface area contributed by atoms with Gasteiger partial charge in [0.1, 0.15) is 5.82 Å². The maximum atomic E-state index is 5.65. The SMILES string of the molecule is Cc1cc(Nc2cnc3nc(C4=C=CC=C(Nc5ccnc6ccc(N7CCCOCC7)cc56)C=C4)[nH]c3c2)ccn1. The number of nitrogens with one attached hydrogen (secondary N) is 3. The van der Waals surface area contributed by atoms with Crippen LogP contribution in [0.2, 0.25) is 0 Å². The van der Waals surface area contributed by atoms with Gasteiger partial charge in [0.05, 0.1) is 35.1 Å². The Morgan fingerprint density at radius 3 is 2.83 bits per heavy atom. The Morgan fingerprint density at radius 1 is 0.929 bits per heavy atom. The fraction of sp³-hybridized carbons (Fsp3) is 0.182. The van der Waals surface area contributed by atoms with Crippen LogP contribution >= 0.6 is 0 Å². The van der Waals surface area contributed by atoms with Crippen molar-refractivity contribution in [1.82, 2.24) is 24.9 Å². The average Bonchev–Trinajstić information content (AvgIpc) is 3.15. The van der Waals surface area contributed by atoms with E-state index in [1.54, 1.807) is 12.4 Å². The molecule has 5 aromatic rings. The van der Waals surface area contributed by atoms with Crippen molar-refractivity contribution in [3.63, 3.8) is 0 Å². The predicted octanol–water partition coefficient (Wildman–Crippen LogP) is 6.28. The van der Waals surface area contributed by atoms with Crippen molar-refractivity contribution in [2.45, 2.75) is 13.3 Å². The molecule has 7 rings (SSSR count). The molecule has 9 heteroatoms. The van der Waals surface area contributed by atoms with E-state index in [0.717, 1.165) is 83.2 Å². The van der Waals surface area contributed by atoms with Crippen LogP contribution in [0.1, 0.15) is 17.9 Å². The Balaban J connectivity index is 1.09. The van der Waals surface area contributed by atoms with Crippen LogP contribution in [0.5, 0.6) is 0 Å². The topological polar surface area (TPSA) is 104 Å². The number of hydrogen-bond acceptors (Lipinski definition) is 8. The van der Waals surface area contributed by atoms with Crippen molar-refractivity contribution >= 4 is 50.4 Å². The minimum absolute atomic E-state index is 0.648. The highest BCUT2D eigenvalue weighted by atomic mass is 16.5. The fourth-order valence-corrected chi connectivity index (χ4v) is 5.21. The maximum Gasteiger partial charge on any atom is 0.178 e. The van der Waals surface area contributed by atoms with Gasteiger partial charge in [0, 0.05) is 65.9 Å². The molecular formula is C33H30N8O. The number of hydrogen-bond donors (Lipinski definition) is 3. The highest BCUT2D eigenvalue weighted by molar-refractivity contribution is 5.94. The molecule has 5 heterocycles. The molecule has 0 bridgehead atoms. The largest absolute Gasteiger partial charge is 0.380 e. The zero-order valence-corrected chi connectivity index (χ0v) is 23.3. The molecule has 1 aliphatic carbocycles. The number of H-pyrrole nitrogens is 1. The van der Waals surface area contributed by atoms with Gasteiger partial charge < -0.3 is 25.3 Å². The number of anilines is 4. The predicted molar refractivity (Wildman–Crippen MR) is 168 cm³/mol. The summed E-state index contributed by atoms with van der Waals surface area (Å²) in [4.78, 5) is 23.9. The van der Waals surface area contributed by atoms with Gasteiger partial charge in [-0.1, -0.05) is 0 Å². The number of fused-ring (bicyclic) bond motifs is 2. The number of aromatic amines is 1. The van der Waals surface area contributed by atoms with Gasteiger partial charge in [-0.15, -0.1) is 5.73 Å². The molecule has 9 nitrogen and oxygen atoms in total. The number of aryl methyl sites for hydroxylation is 1. The molecule has 1 aliphatic heterocycles. The van der Waals surface area contributed by atoms with Crippen LogP contribution in [-0.2, 0) is 4.74 Å². The lowest BCUT2D eigenvalue weighted by Crippen LogP contribution is -2.25. The highest BCUT2D eigenvalue weighted by Crippen LogP contribution is 2.29. The van der Waals surface area contributed by atoms with E-state index in [2.05, 4.69) is 59.4 Å². The summed E-state index contributed by atoms with van der Waals surface area (Å²) in [5.41, 5.74) is 12.5. The van der Waals surface area contributed by atoms with Gasteiger partial charge >= 0.3 is 0 Å². The third-order valence-electron chi connectivity index (χ3n) is 7.30. The van der Waals surface area contributed by atoms with E-state index < -0.39 is 0 Å². The smallest absolute Gasteiger partial charge is 0.178 e. The lowest BCUT2D eigenvalue weighted by Gasteiger charge is -2.22. The van der Waals surface area contributed by atoms with Crippen LogP contribution in [-0.4, -0.2) is 51.2 Å². The van der Waals surface area contributed by atoms with Gasteiger partial charge in [-0.25, -0.2) is 9.97 Å². The molecule has 0 spiro atoms. The summed E-state index contributed by atoms with van der Waals surface area (Å²) < 4.78 is 5.65. The number of rotatable bonds is 6. The van der Waals surface area contributed by atoms with Crippen LogP contribution in [0.4, 0.5) is 22.7 Å². The molecule has 1 aromatic carbocycles. The average molecular weight is 555 g/mol. The Kier molecular flexibility index (Phi) is 6.93. The zero-order valence-electron chi connectivity index (χ0n) is 23.3. The van der Waals surface area contributed by atoms with Crippen molar-refractivity contribution in [2.75, 3.05) is 41.8 Å². The summed E-state index contributed by atoms with van der Waals surface area (Å²) in [6.45, 7) is 5.41. The molecule has 1 fully saturated rings. The minimum Gasteiger partial charge on any atom is -0.380 e. The van der Waals surface area contributed by atoms with E-state index in [9.17, 15) is 0 Å². The summed E-state index contributed by atoms with van der Waals surface area (Å²) in [6.07, 6.45) is 14.4. The zero-order chi connectivity index (χ0) is 28.3. The van der Waals surface area contributed by atoms with E-state index in [0.29, 0.717) is 11.5 Å². The molecule has 3 N–H and O–H groups in total. The number of imidazole rings is 1. The van der Waals surface area contributed by atoms with Gasteiger partial charge in [-0.2, -0.15) is 0 Å². The molecule has 208 valence electrons. The van der Waals surface area contributed by atoms with Gasteiger partial charge in [0.2, 0.25) is 0 Å². The Bertz CT molecular complexity index is 1910. The number of nitrogens with zero attached hydrogens (tertiary/aromatic N) is 5. The highest BCUT2D eigenvalue weighted by Gasteiger charge is 2.13. The van der Waals surface area contributed by atoms with Crippen molar-refractivity contribution in [1.29, 1.82) is 0 Å². The van der Waals surface area contributed by atoms with Gasteiger partial charge in [-0.05, 0) is 80.1 Å². The number of aromatic nitrogens is 5. The second-order valence-electron chi connectivity index (χ2n) is 10.3. The molecule has 0 radical (unpaired) electrons. The van der Waals surface area contributed by atoms with Crippen LogP contribution in [0.15, 0.2) is 96.8 Å². The molecule has 0 saturated carbocycles. The van der Waals surface area contributed by atoms with Crippen LogP contribution in [0.3, 0.4) is 0 Å². The van der Waals surface area contributed by atoms with Crippen molar-refractivity contribution in [2.24, 2.45) is 0 Å². The first kappa shape index (κ1) is 25.7. The Morgan fingerprint density at radius 2 is 1.88 bits per heavy atom. The summed E-state index contributed by atoms with van der Waals surface area (Å²) >= 11 is 0. The van der Waals surface area contributed by atoms with E-state index in [1.807, 2.05) is 61.7 Å². The summed E-state index contributed by atoms with van der Waals surface area (Å²) in [5.74, 6) is 0.706. The molecule has 0 amide bonds. The maximum absolute atomic E-state index is 5.65. The van der Waals surface area contributed by atoms with E-state index in [4.69, 9.17) is 9.72 Å². The molecule has 0 atom stereocenters. The number of allylic oxidation sites excluding steroid dienone is 4. The van der Waals surface area contributed by atoms with Crippen LogP contribution in [0.25, 0.3) is 27.6 Å². The van der Waals surface area contributed by atoms with Gasteiger partial charge in [0.15, 0.2) is 5.65 Å². The molecule has 1 saturated heterocycles. The van der Waals surface area contributed by atoms with E-state index in [-0.39, 0.29) is 0 Å². The summed E-state index contributed by atoms with van der Waals surface area (Å²) in [7, 11) is 0. The first-order valence-electron chi connectivity index (χ1n) is 14.1. The Hall–Kier alpha value is -5.24. The lowest BCUT2D eigenvalue weighted by molar-refractivity contribution is 0.152. The normalized spacial score (nSPS) is 15.3. The van der Waals surface area contributed by atoms with Gasteiger partial charge in [0.25, 0.3) is 0 Å². The quantitative estimate of drug-likeness (QED) is 0.211. The second-order valence-corrected chi connectivity index (χ2v) is 10.3. The van der Waals surface area contributed by atoms with E-state index in [1.165, 1.54) is 5.69 Å². The van der Waals surface area contributed by atoms with Crippen molar-refractivity contribution in [3.8, 4) is 0 Å². The molecular weight excluding hydrogens is 524 g/mol. The number of ether oxygens (including phenoxy) is 1. The first-order valence-corrected chi connectivity index (χ1v) is 14.1. The molecule has 0 unspecified atom stereocenters. The van der Waals surface area contributed by atoms with Crippen molar-refractivity contribution < 1.29 is 4.74 Å². The second kappa shape index (κ2) is 11.3. The Labute approximate surface area is 243 Å². The van der Waals surface area contributed by atoms with E-state index >= 15 is 0 Å². The summed E-state index contributed by atoms with van der Waals surface area (Å²) in [6, 6.07) is 14.4. The van der Waals surface area contributed by atoms with Crippen LogP contribution < -0.4 is 15.5 Å². The summed E-state index contributed by atoms with van der Waals surface area (Å²) in [5, 5.41) is 8.04. The third-order valence-corrected chi connectivity index (χ3v) is 7.30.